The minimum Gasteiger partial charge on any atom is -0.307 e. The van der Waals surface area contributed by atoms with Crippen LogP contribution in [0.4, 0.5) is 16.2 Å². The highest BCUT2D eigenvalue weighted by Crippen LogP contribution is 2.14. The van der Waals surface area contributed by atoms with Crippen molar-refractivity contribution in [2.24, 2.45) is 4.99 Å². The van der Waals surface area contributed by atoms with Gasteiger partial charge in [-0.1, -0.05) is 66.2 Å². The van der Waals surface area contributed by atoms with E-state index >= 15 is 0 Å². The number of urea groups is 1. The van der Waals surface area contributed by atoms with Crippen LogP contribution < -0.4 is 16.2 Å². The Morgan fingerprint density at radius 1 is 0.769 bits per heavy atom. The Labute approximate surface area is 152 Å². The Kier molecular flexibility index (Phi) is 5.62. The highest BCUT2D eigenvalue weighted by molar-refractivity contribution is 6.01. The molecule has 0 fully saturated rings. The molecule has 0 bridgehead atoms. The molecule has 26 heavy (non-hydrogen) atoms. The van der Waals surface area contributed by atoms with Crippen molar-refractivity contribution in [1.29, 1.82) is 0 Å². The number of amidine groups is 1. The molecule has 3 rings (SSSR count). The molecule has 2 amide bonds. The number of aryl methyl sites for hydroxylation is 1. The Bertz CT molecular complexity index is 875. The first kappa shape index (κ1) is 17.2. The second-order valence-electron chi connectivity index (χ2n) is 5.73. The van der Waals surface area contributed by atoms with Gasteiger partial charge < -0.3 is 5.32 Å². The van der Waals surface area contributed by atoms with E-state index in [0.29, 0.717) is 11.5 Å². The van der Waals surface area contributed by atoms with Crippen molar-refractivity contribution in [2.45, 2.75) is 6.92 Å². The zero-order chi connectivity index (χ0) is 18.2. The van der Waals surface area contributed by atoms with E-state index in [1.54, 1.807) is 0 Å². The summed E-state index contributed by atoms with van der Waals surface area (Å²) in [6.07, 6.45) is 0. The Morgan fingerprint density at radius 3 is 2.04 bits per heavy atom. The fourth-order valence-corrected chi connectivity index (χ4v) is 2.31. The minimum atomic E-state index is -0.372. The number of para-hydroxylation sites is 1. The maximum Gasteiger partial charge on any atom is 0.337 e. The van der Waals surface area contributed by atoms with Crippen molar-refractivity contribution in [1.82, 2.24) is 10.9 Å². The molecule has 0 aliphatic rings. The number of rotatable bonds is 3. The summed E-state index contributed by atoms with van der Waals surface area (Å²) in [5, 5.41) is 2.75. The summed E-state index contributed by atoms with van der Waals surface area (Å²) in [5.74, 6) is 0.553. The van der Waals surface area contributed by atoms with Gasteiger partial charge in [0.1, 0.15) is 0 Å². The van der Waals surface area contributed by atoms with Crippen molar-refractivity contribution in [3.05, 3.63) is 96.1 Å². The van der Waals surface area contributed by atoms with E-state index in [0.717, 1.165) is 11.3 Å². The molecule has 0 spiro atoms. The van der Waals surface area contributed by atoms with E-state index in [1.165, 1.54) is 5.56 Å². The smallest absolute Gasteiger partial charge is 0.307 e. The quantitative estimate of drug-likeness (QED) is 0.374. The molecule has 130 valence electrons. The molecular weight excluding hydrogens is 324 g/mol. The van der Waals surface area contributed by atoms with Gasteiger partial charge >= 0.3 is 6.03 Å². The monoisotopic (exact) mass is 344 g/mol. The van der Waals surface area contributed by atoms with E-state index in [1.807, 2.05) is 91.9 Å². The summed E-state index contributed by atoms with van der Waals surface area (Å²) in [6.45, 7) is 2.03. The average molecular weight is 344 g/mol. The van der Waals surface area contributed by atoms with Gasteiger partial charge in [-0.15, -0.1) is 0 Å². The molecule has 0 aromatic heterocycles. The van der Waals surface area contributed by atoms with Crippen LogP contribution >= 0.6 is 0 Å². The number of nitrogens with one attached hydrogen (secondary N) is 3. The number of nitrogens with zero attached hydrogens (tertiary/aromatic N) is 1. The third kappa shape index (κ3) is 4.95. The number of hydrogen-bond donors (Lipinski definition) is 3. The van der Waals surface area contributed by atoms with E-state index < -0.39 is 0 Å². The number of hydrogen-bond acceptors (Lipinski definition) is 2. The van der Waals surface area contributed by atoms with Crippen molar-refractivity contribution in [3.63, 3.8) is 0 Å². The van der Waals surface area contributed by atoms with Crippen molar-refractivity contribution in [3.8, 4) is 0 Å². The summed E-state index contributed by atoms with van der Waals surface area (Å²) in [4.78, 5) is 16.7. The zero-order valence-corrected chi connectivity index (χ0v) is 14.4. The predicted molar refractivity (Wildman–Crippen MR) is 106 cm³/mol. The fraction of sp³-hybridized carbons (Fsp3) is 0.0476. The highest BCUT2D eigenvalue weighted by atomic mass is 16.2. The summed E-state index contributed by atoms with van der Waals surface area (Å²) in [6, 6.07) is 26.4. The molecule has 0 radical (unpaired) electrons. The molecule has 0 aliphatic heterocycles. The second kappa shape index (κ2) is 8.48. The Morgan fingerprint density at radius 2 is 1.38 bits per heavy atom. The van der Waals surface area contributed by atoms with Crippen LogP contribution in [0, 0.1) is 6.92 Å². The normalized spacial score (nSPS) is 10.9. The maximum atomic E-state index is 12.1. The van der Waals surface area contributed by atoms with E-state index in [-0.39, 0.29) is 6.03 Å². The van der Waals surface area contributed by atoms with Crippen molar-refractivity contribution in [2.75, 3.05) is 5.32 Å². The topological polar surface area (TPSA) is 65.5 Å². The molecule has 0 atom stereocenters. The highest BCUT2D eigenvalue weighted by Gasteiger charge is 2.06. The fourth-order valence-electron chi connectivity index (χ4n) is 2.31. The van der Waals surface area contributed by atoms with Crippen LogP contribution in [0.25, 0.3) is 0 Å². The van der Waals surface area contributed by atoms with Crippen LogP contribution in [0.3, 0.4) is 0 Å². The Hall–Kier alpha value is -3.60. The molecule has 3 N–H and O–H groups in total. The molecule has 0 aliphatic carbocycles. The number of anilines is 1. The SMILES string of the molecule is Cc1ccc(N=C(NNC(=O)Nc2ccccc2)c2ccccc2)cc1. The van der Waals surface area contributed by atoms with Gasteiger partial charge in [-0.05, 0) is 31.2 Å². The van der Waals surface area contributed by atoms with Gasteiger partial charge in [-0.25, -0.2) is 9.79 Å². The standard InChI is InChI=1S/C21H20N4O/c1-16-12-14-19(15-13-16)22-20(17-8-4-2-5-9-17)24-25-21(26)23-18-10-6-3-7-11-18/h2-15H,1H3,(H,22,24)(H2,23,25,26). The number of hydrazine groups is 1. The summed E-state index contributed by atoms with van der Waals surface area (Å²) < 4.78 is 0. The van der Waals surface area contributed by atoms with Crippen LogP contribution in [0.1, 0.15) is 11.1 Å². The van der Waals surface area contributed by atoms with Gasteiger partial charge in [0.05, 0.1) is 5.69 Å². The summed E-state index contributed by atoms with van der Waals surface area (Å²) in [7, 11) is 0. The molecule has 0 saturated heterocycles. The average Bonchev–Trinajstić information content (AvgIpc) is 2.68. The maximum absolute atomic E-state index is 12.1. The van der Waals surface area contributed by atoms with Gasteiger partial charge in [0.15, 0.2) is 5.84 Å². The van der Waals surface area contributed by atoms with Crippen LogP contribution in [0.5, 0.6) is 0 Å². The molecule has 3 aromatic carbocycles. The molecule has 0 heterocycles. The lowest BCUT2D eigenvalue weighted by Crippen LogP contribution is -2.44. The molecule has 3 aromatic rings. The Balaban J connectivity index is 1.74. The molecule has 0 unspecified atom stereocenters. The zero-order valence-electron chi connectivity index (χ0n) is 14.4. The third-order valence-corrected chi connectivity index (χ3v) is 3.65. The van der Waals surface area contributed by atoms with E-state index in [4.69, 9.17) is 0 Å². The van der Waals surface area contributed by atoms with Crippen LogP contribution in [0.2, 0.25) is 0 Å². The van der Waals surface area contributed by atoms with E-state index in [9.17, 15) is 4.79 Å². The van der Waals surface area contributed by atoms with Gasteiger partial charge in [0, 0.05) is 11.3 Å². The number of amides is 2. The second-order valence-corrected chi connectivity index (χ2v) is 5.73. The first-order chi connectivity index (χ1) is 12.7. The molecule has 5 heteroatoms. The van der Waals surface area contributed by atoms with Crippen molar-refractivity contribution < 1.29 is 4.79 Å². The largest absolute Gasteiger partial charge is 0.337 e. The first-order valence-electron chi connectivity index (χ1n) is 8.29. The number of aliphatic imine (C=N–C) groups is 1. The van der Waals surface area contributed by atoms with E-state index in [2.05, 4.69) is 21.2 Å². The number of benzene rings is 3. The molecular formula is C21H20N4O. The summed E-state index contributed by atoms with van der Waals surface area (Å²) in [5.41, 5.74) is 9.08. The predicted octanol–water partition coefficient (Wildman–Crippen LogP) is 4.40. The number of carbonyl (C=O) groups excluding carboxylic acids is 1. The lowest BCUT2D eigenvalue weighted by molar-refractivity contribution is 0.250. The van der Waals surface area contributed by atoms with Gasteiger partial charge in [-0.3, -0.25) is 10.9 Å². The minimum absolute atomic E-state index is 0.372. The van der Waals surface area contributed by atoms with Crippen LogP contribution in [0.15, 0.2) is 89.9 Å². The van der Waals surface area contributed by atoms with Gasteiger partial charge in [0.2, 0.25) is 0 Å². The first-order valence-corrected chi connectivity index (χ1v) is 8.29. The molecule has 0 saturated carbocycles. The number of carbonyl (C=O) groups is 1. The third-order valence-electron chi connectivity index (χ3n) is 3.65. The van der Waals surface area contributed by atoms with Crippen LogP contribution in [-0.4, -0.2) is 11.9 Å². The van der Waals surface area contributed by atoms with Crippen LogP contribution in [-0.2, 0) is 0 Å². The van der Waals surface area contributed by atoms with Gasteiger partial charge in [-0.2, -0.15) is 0 Å². The lowest BCUT2D eigenvalue weighted by atomic mass is 10.2. The van der Waals surface area contributed by atoms with Gasteiger partial charge in [0.25, 0.3) is 0 Å². The lowest BCUT2D eigenvalue weighted by Gasteiger charge is -2.12. The van der Waals surface area contributed by atoms with Crippen molar-refractivity contribution >= 4 is 23.2 Å². The molecule has 5 nitrogen and oxygen atoms in total. The summed E-state index contributed by atoms with van der Waals surface area (Å²) >= 11 is 0.